The average molecular weight is 433 g/mol. The van der Waals surface area contributed by atoms with Crippen molar-refractivity contribution in [2.24, 2.45) is 0 Å². The van der Waals surface area contributed by atoms with Crippen LogP contribution in [0.5, 0.6) is 11.5 Å². The number of nitrogens with zero attached hydrogens (tertiary/aromatic N) is 1. The van der Waals surface area contributed by atoms with E-state index in [0.717, 1.165) is 5.56 Å². The minimum absolute atomic E-state index is 0.0158. The Labute approximate surface area is 185 Å². The first kappa shape index (κ1) is 21.2. The standard InChI is InChI=1S/C25H23NO6/c1-31-21-12-10-17(14-20(21)28)23-22(19(27)11-9-16-6-3-2-4-7-16)24(29)25(30)26(23)15-18-8-5-13-32-18/h2-8,10,12-14,23,28-29H,9,11,15H2,1H3. The fourth-order valence-corrected chi connectivity index (χ4v) is 3.93. The predicted octanol–water partition coefficient (Wildman–Crippen LogP) is 4.09. The Morgan fingerprint density at radius 3 is 2.53 bits per heavy atom. The largest absolute Gasteiger partial charge is 0.504 e. The van der Waals surface area contributed by atoms with Gasteiger partial charge in [-0.2, -0.15) is 0 Å². The zero-order valence-corrected chi connectivity index (χ0v) is 17.5. The van der Waals surface area contributed by atoms with E-state index in [4.69, 9.17) is 9.15 Å². The Balaban J connectivity index is 1.69. The number of ether oxygens (including phenoxy) is 1. The molecule has 1 amide bonds. The molecule has 0 aliphatic carbocycles. The molecule has 164 valence electrons. The van der Waals surface area contributed by atoms with Crippen LogP contribution in [0.2, 0.25) is 0 Å². The van der Waals surface area contributed by atoms with Crippen molar-refractivity contribution in [1.29, 1.82) is 0 Å². The van der Waals surface area contributed by atoms with Crippen molar-refractivity contribution in [1.82, 2.24) is 4.90 Å². The van der Waals surface area contributed by atoms with Gasteiger partial charge in [0.25, 0.3) is 5.91 Å². The second kappa shape index (κ2) is 9.01. The van der Waals surface area contributed by atoms with E-state index in [9.17, 15) is 19.8 Å². The van der Waals surface area contributed by atoms with Crippen LogP contribution in [0.3, 0.4) is 0 Å². The fourth-order valence-electron chi connectivity index (χ4n) is 3.93. The smallest absolute Gasteiger partial charge is 0.290 e. The molecule has 4 rings (SSSR count). The van der Waals surface area contributed by atoms with Gasteiger partial charge >= 0.3 is 0 Å². The van der Waals surface area contributed by atoms with Crippen LogP contribution in [0.4, 0.5) is 0 Å². The number of phenols is 1. The van der Waals surface area contributed by atoms with Gasteiger partial charge in [0.1, 0.15) is 5.76 Å². The van der Waals surface area contributed by atoms with Crippen LogP contribution in [0.1, 0.15) is 29.3 Å². The molecule has 2 heterocycles. The number of aryl methyl sites for hydroxylation is 1. The molecular formula is C25H23NO6. The van der Waals surface area contributed by atoms with Gasteiger partial charge in [-0.05, 0) is 41.8 Å². The summed E-state index contributed by atoms with van der Waals surface area (Å²) in [5.74, 6) is -0.924. The lowest BCUT2D eigenvalue weighted by Gasteiger charge is -2.26. The van der Waals surface area contributed by atoms with Gasteiger partial charge in [-0.3, -0.25) is 9.59 Å². The number of phenolic OH excluding ortho intramolecular Hbond substituents is 1. The Hall–Kier alpha value is -4.00. The van der Waals surface area contributed by atoms with E-state index < -0.39 is 17.7 Å². The molecule has 32 heavy (non-hydrogen) atoms. The number of carbonyl (C=O) groups excluding carboxylic acids is 2. The highest BCUT2D eigenvalue weighted by Gasteiger charge is 2.43. The Morgan fingerprint density at radius 1 is 1.09 bits per heavy atom. The first-order valence-electron chi connectivity index (χ1n) is 10.2. The van der Waals surface area contributed by atoms with Crippen molar-refractivity contribution >= 4 is 11.7 Å². The quantitative estimate of drug-likeness (QED) is 0.555. The number of hydrogen-bond donors (Lipinski definition) is 2. The Kier molecular flexibility index (Phi) is 5.98. The Bertz CT molecular complexity index is 1150. The first-order valence-corrected chi connectivity index (χ1v) is 10.2. The topological polar surface area (TPSA) is 100 Å². The zero-order valence-electron chi connectivity index (χ0n) is 17.5. The lowest BCUT2D eigenvalue weighted by molar-refractivity contribution is -0.130. The molecule has 0 spiro atoms. The average Bonchev–Trinajstić information content (AvgIpc) is 3.40. The molecular weight excluding hydrogens is 410 g/mol. The van der Waals surface area contributed by atoms with Crippen molar-refractivity contribution in [3.63, 3.8) is 0 Å². The van der Waals surface area contributed by atoms with Crippen LogP contribution >= 0.6 is 0 Å². The fraction of sp³-hybridized carbons (Fsp3) is 0.200. The number of furan rings is 1. The van der Waals surface area contributed by atoms with Crippen LogP contribution in [-0.2, 0) is 22.6 Å². The molecule has 7 nitrogen and oxygen atoms in total. The molecule has 1 atom stereocenters. The summed E-state index contributed by atoms with van der Waals surface area (Å²) in [6.45, 7) is 0.0583. The minimum atomic E-state index is -0.868. The molecule has 0 saturated carbocycles. The molecule has 1 aromatic heterocycles. The highest BCUT2D eigenvalue weighted by atomic mass is 16.5. The summed E-state index contributed by atoms with van der Waals surface area (Å²) in [7, 11) is 1.43. The molecule has 2 N–H and O–H groups in total. The van der Waals surface area contributed by atoms with Crippen LogP contribution in [0.15, 0.2) is 82.7 Å². The van der Waals surface area contributed by atoms with E-state index in [1.165, 1.54) is 24.3 Å². The maximum absolute atomic E-state index is 13.2. The molecule has 0 bridgehead atoms. The summed E-state index contributed by atoms with van der Waals surface area (Å²) in [6, 6.07) is 16.7. The second-order valence-corrected chi connectivity index (χ2v) is 7.52. The molecule has 2 aromatic carbocycles. The maximum atomic E-state index is 13.2. The van der Waals surface area contributed by atoms with Crippen molar-refractivity contribution in [2.45, 2.75) is 25.4 Å². The third kappa shape index (κ3) is 4.09. The van der Waals surface area contributed by atoms with Crippen LogP contribution in [0, 0.1) is 0 Å². The van der Waals surface area contributed by atoms with Gasteiger partial charge in [0.15, 0.2) is 23.0 Å². The number of Topliss-reactive ketones (excluding diaryl/α,β-unsaturated/α-hetero) is 1. The number of methoxy groups -OCH3 is 1. The van der Waals surface area contributed by atoms with Crippen LogP contribution in [-0.4, -0.2) is 33.9 Å². The number of aliphatic hydroxyl groups is 1. The third-order valence-corrected chi connectivity index (χ3v) is 5.51. The molecule has 1 aliphatic heterocycles. The Morgan fingerprint density at radius 2 is 1.88 bits per heavy atom. The summed E-state index contributed by atoms with van der Waals surface area (Å²) in [5.41, 5.74) is 1.48. The molecule has 3 aromatic rings. The summed E-state index contributed by atoms with van der Waals surface area (Å²) in [4.78, 5) is 27.5. The minimum Gasteiger partial charge on any atom is -0.504 e. The first-order chi connectivity index (χ1) is 15.5. The van der Waals surface area contributed by atoms with E-state index in [0.29, 0.717) is 17.7 Å². The zero-order chi connectivity index (χ0) is 22.7. The monoisotopic (exact) mass is 433 g/mol. The number of rotatable bonds is 8. The SMILES string of the molecule is COc1ccc(C2C(C(=O)CCc3ccccc3)=C(O)C(=O)N2Cc2ccco2)cc1O. The highest BCUT2D eigenvalue weighted by Crippen LogP contribution is 2.41. The van der Waals surface area contributed by atoms with Gasteiger partial charge in [0.2, 0.25) is 0 Å². The summed E-state index contributed by atoms with van der Waals surface area (Å²) in [6.07, 6.45) is 2.09. The molecule has 7 heteroatoms. The lowest BCUT2D eigenvalue weighted by atomic mass is 9.93. The lowest BCUT2D eigenvalue weighted by Crippen LogP contribution is -2.30. The van der Waals surface area contributed by atoms with Crippen LogP contribution in [0.25, 0.3) is 0 Å². The molecule has 0 saturated heterocycles. The van der Waals surface area contributed by atoms with Gasteiger partial charge in [-0.15, -0.1) is 0 Å². The summed E-state index contributed by atoms with van der Waals surface area (Å²) >= 11 is 0. The predicted molar refractivity (Wildman–Crippen MR) is 116 cm³/mol. The number of benzene rings is 2. The number of hydrogen-bond acceptors (Lipinski definition) is 6. The van der Waals surface area contributed by atoms with Crippen molar-refractivity contribution in [3.8, 4) is 11.5 Å². The molecule has 1 unspecified atom stereocenters. The van der Waals surface area contributed by atoms with E-state index in [-0.39, 0.29) is 35.8 Å². The highest BCUT2D eigenvalue weighted by molar-refractivity contribution is 6.09. The van der Waals surface area contributed by atoms with Gasteiger partial charge in [-0.25, -0.2) is 0 Å². The summed E-state index contributed by atoms with van der Waals surface area (Å²) < 4.78 is 10.5. The van der Waals surface area contributed by atoms with E-state index in [1.807, 2.05) is 30.3 Å². The number of amides is 1. The molecule has 0 radical (unpaired) electrons. The van der Waals surface area contributed by atoms with Gasteiger partial charge in [0, 0.05) is 6.42 Å². The third-order valence-electron chi connectivity index (χ3n) is 5.51. The van der Waals surface area contributed by atoms with Crippen LogP contribution < -0.4 is 4.74 Å². The van der Waals surface area contributed by atoms with E-state index in [2.05, 4.69) is 0 Å². The van der Waals surface area contributed by atoms with Crippen molar-refractivity contribution in [2.75, 3.05) is 7.11 Å². The van der Waals surface area contributed by atoms with Gasteiger partial charge in [-0.1, -0.05) is 36.4 Å². The van der Waals surface area contributed by atoms with Gasteiger partial charge < -0.3 is 24.3 Å². The molecule has 0 fully saturated rings. The van der Waals surface area contributed by atoms with E-state index >= 15 is 0 Å². The van der Waals surface area contributed by atoms with E-state index in [1.54, 1.807) is 24.3 Å². The second-order valence-electron chi connectivity index (χ2n) is 7.52. The molecule has 1 aliphatic rings. The van der Waals surface area contributed by atoms with Gasteiger partial charge in [0.05, 0.1) is 31.5 Å². The number of aliphatic hydroxyl groups excluding tert-OH is 1. The maximum Gasteiger partial charge on any atom is 0.290 e. The number of carbonyl (C=O) groups is 2. The van der Waals surface area contributed by atoms with Crippen molar-refractivity contribution < 1.29 is 29.0 Å². The number of ketones is 1. The summed E-state index contributed by atoms with van der Waals surface area (Å²) in [5, 5.41) is 21.0. The van der Waals surface area contributed by atoms with Crippen molar-refractivity contribution in [3.05, 3.63) is 95.1 Å². The number of aromatic hydroxyl groups is 1. The normalized spacial score (nSPS) is 16.0.